The molecule has 1 amide bonds. The first-order chi connectivity index (χ1) is 12.8. The number of amides is 1. The Morgan fingerprint density at radius 3 is 2.41 bits per heavy atom. The summed E-state index contributed by atoms with van der Waals surface area (Å²) in [6.45, 7) is -0.269. The Kier molecular flexibility index (Phi) is 6.90. The Balaban J connectivity index is 1.98. The Labute approximate surface area is 157 Å². The molecular formula is C17H21N3O6S. The number of sulfonamides is 1. The number of esters is 1. The number of aliphatic hydroxyl groups is 1. The van der Waals surface area contributed by atoms with E-state index in [-0.39, 0.29) is 18.0 Å². The smallest absolute Gasteiger partial charge is 0.330 e. The molecule has 0 bridgehead atoms. The topological polar surface area (TPSA) is 137 Å². The second-order valence-electron chi connectivity index (χ2n) is 6.08. The Hall–Kier alpha value is -2.48. The van der Waals surface area contributed by atoms with Gasteiger partial charge in [0.15, 0.2) is 6.04 Å². The molecule has 1 aromatic rings. The van der Waals surface area contributed by atoms with E-state index in [1.165, 1.54) is 28.6 Å². The van der Waals surface area contributed by atoms with Crippen LogP contribution >= 0.6 is 0 Å². The molecule has 0 saturated carbocycles. The number of aliphatic hydroxyl groups excluding tert-OH is 1. The summed E-state index contributed by atoms with van der Waals surface area (Å²) >= 11 is 0. The Morgan fingerprint density at radius 1 is 1.33 bits per heavy atom. The lowest BCUT2D eigenvalue weighted by molar-refractivity contribution is -0.146. The zero-order chi connectivity index (χ0) is 20.0. The van der Waals surface area contributed by atoms with E-state index >= 15 is 0 Å². The quantitative estimate of drug-likeness (QED) is 0.626. The van der Waals surface area contributed by atoms with Gasteiger partial charge >= 0.3 is 5.97 Å². The number of methoxy groups -OCH3 is 1. The van der Waals surface area contributed by atoms with Crippen LogP contribution in [0.4, 0.5) is 0 Å². The molecule has 0 aromatic heterocycles. The molecule has 1 fully saturated rings. The van der Waals surface area contributed by atoms with Crippen LogP contribution < -0.4 is 5.32 Å². The molecule has 2 N–H and O–H groups in total. The minimum absolute atomic E-state index is 0.0930. The van der Waals surface area contributed by atoms with Gasteiger partial charge in [0.1, 0.15) is 0 Å². The highest BCUT2D eigenvalue weighted by Gasteiger charge is 2.33. The number of nitrogens with one attached hydrogen (secondary N) is 1. The summed E-state index contributed by atoms with van der Waals surface area (Å²) in [7, 11) is -2.55. The first-order valence-electron chi connectivity index (χ1n) is 8.33. The van der Waals surface area contributed by atoms with Crippen LogP contribution in [0.1, 0.15) is 18.4 Å². The van der Waals surface area contributed by atoms with Crippen LogP contribution in [0, 0.1) is 17.2 Å². The highest BCUT2D eigenvalue weighted by Crippen LogP contribution is 2.24. The van der Waals surface area contributed by atoms with Crippen molar-refractivity contribution >= 4 is 21.9 Å². The van der Waals surface area contributed by atoms with Crippen molar-refractivity contribution in [2.75, 3.05) is 26.8 Å². The Morgan fingerprint density at radius 2 is 1.93 bits per heavy atom. The molecule has 9 nitrogen and oxygen atoms in total. The van der Waals surface area contributed by atoms with Crippen molar-refractivity contribution in [2.45, 2.75) is 23.8 Å². The number of nitriles is 1. The number of nitrogens with zero attached hydrogens (tertiary/aromatic N) is 2. The predicted octanol–water partition coefficient (Wildman–Crippen LogP) is -0.391. The summed E-state index contributed by atoms with van der Waals surface area (Å²) < 4.78 is 31.1. The second kappa shape index (κ2) is 8.94. The van der Waals surface area contributed by atoms with Crippen molar-refractivity contribution in [1.82, 2.24) is 9.62 Å². The van der Waals surface area contributed by atoms with Crippen LogP contribution in [0.2, 0.25) is 0 Å². The molecular weight excluding hydrogens is 374 g/mol. The molecule has 146 valence electrons. The van der Waals surface area contributed by atoms with Gasteiger partial charge in [0.05, 0.1) is 30.2 Å². The highest BCUT2D eigenvalue weighted by molar-refractivity contribution is 7.89. The van der Waals surface area contributed by atoms with Crippen molar-refractivity contribution in [3.8, 4) is 6.07 Å². The molecule has 0 spiro atoms. The van der Waals surface area contributed by atoms with E-state index in [4.69, 9.17) is 10.4 Å². The van der Waals surface area contributed by atoms with Crippen LogP contribution in [0.3, 0.4) is 0 Å². The molecule has 1 saturated heterocycles. The van der Waals surface area contributed by atoms with Gasteiger partial charge < -0.3 is 15.2 Å². The molecule has 1 atom stereocenters. The van der Waals surface area contributed by atoms with Gasteiger partial charge in [-0.1, -0.05) is 0 Å². The molecule has 2 rings (SSSR count). The monoisotopic (exact) mass is 395 g/mol. The number of benzene rings is 1. The first kappa shape index (κ1) is 20.8. The van der Waals surface area contributed by atoms with Gasteiger partial charge in [-0.25, -0.2) is 13.2 Å². The normalized spacial score (nSPS) is 16.9. The van der Waals surface area contributed by atoms with Crippen LogP contribution in [-0.2, 0) is 24.3 Å². The lowest BCUT2D eigenvalue weighted by atomic mass is 9.97. The van der Waals surface area contributed by atoms with Gasteiger partial charge in [-0.3, -0.25) is 4.79 Å². The van der Waals surface area contributed by atoms with Gasteiger partial charge in [-0.05, 0) is 37.1 Å². The third-order valence-electron chi connectivity index (χ3n) is 4.43. The van der Waals surface area contributed by atoms with Crippen LogP contribution in [0.15, 0.2) is 29.2 Å². The number of piperidine rings is 1. The molecule has 1 aliphatic rings. The maximum absolute atomic E-state index is 12.7. The number of carbonyl (C=O) groups excluding carboxylic acids is 2. The lowest BCUT2D eigenvalue weighted by Gasteiger charge is -2.31. The van der Waals surface area contributed by atoms with E-state index in [1.54, 1.807) is 0 Å². The SMILES string of the molecule is COC(=O)[C@@H](CO)NC(=O)C1CCN(S(=O)(=O)c2ccc(C#N)cc2)CC1. The largest absolute Gasteiger partial charge is 0.467 e. The van der Waals surface area contributed by atoms with Gasteiger partial charge in [0.25, 0.3) is 0 Å². The van der Waals surface area contributed by atoms with Crippen LogP contribution in [0.25, 0.3) is 0 Å². The van der Waals surface area contributed by atoms with E-state index in [0.717, 1.165) is 7.11 Å². The summed E-state index contributed by atoms with van der Waals surface area (Å²) in [5, 5.41) is 20.4. The summed E-state index contributed by atoms with van der Waals surface area (Å²) in [4.78, 5) is 23.8. The van der Waals surface area contributed by atoms with Gasteiger partial charge in [0, 0.05) is 19.0 Å². The maximum atomic E-state index is 12.7. The van der Waals surface area contributed by atoms with E-state index < -0.39 is 40.5 Å². The summed E-state index contributed by atoms with van der Waals surface area (Å²) in [5.41, 5.74) is 0.369. The minimum atomic E-state index is -3.70. The maximum Gasteiger partial charge on any atom is 0.330 e. The average Bonchev–Trinajstić information content (AvgIpc) is 2.71. The Bertz CT molecular complexity index is 823. The number of hydrogen-bond acceptors (Lipinski definition) is 7. The third kappa shape index (κ3) is 4.82. The van der Waals surface area contributed by atoms with Crippen molar-refractivity contribution < 1.29 is 27.9 Å². The van der Waals surface area contributed by atoms with E-state index in [9.17, 15) is 18.0 Å². The standard InChI is InChI=1S/C17H21N3O6S/c1-26-17(23)15(11-21)19-16(22)13-6-8-20(9-7-13)27(24,25)14-4-2-12(10-18)3-5-14/h2-5,13,15,21H,6-9,11H2,1H3,(H,19,22)/t15-/m1/s1. The molecule has 1 heterocycles. The van der Waals surface area contributed by atoms with Crippen LogP contribution in [-0.4, -0.2) is 62.6 Å². The van der Waals surface area contributed by atoms with Crippen molar-refractivity contribution in [3.63, 3.8) is 0 Å². The number of carbonyl (C=O) groups is 2. The summed E-state index contributed by atoms with van der Waals surface area (Å²) in [6.07, 6.45) is 0.585. The van der Waals surface area contributed by atoms with Gasteiger partial charge in [-0.15, -0.1) is 0 Å². The molecule has 0 unspecified atom stereocenters. The van der Waals surface area contributed by atoms with Crippen molar-refractivity contribution in [2.24, 2.45) is 5.92 Å². The fraction of sp³-hybridized carbons (Fsp3) is 0.471. The fourth-order valence-corrected chi connectivity index (χ4v) is 4.29. The fourth-order valence-electron chi connectivity index (χ4n) is 2.82. The van der Waals surface area contributed by atoms with Crippen molar-refractivity contribution in [3.05, 3.63) is 29.8 Å². The zero-order valence-corrected chi connectivity index (χ0v) is 15.6. The second-order valence-corrected chi connectivity index (χ2v) is 8.02. The van der Waals surface area contributed by atoms with E-state index in [0.29, 0.717) is 18.4 Å². The average molecular weight is 395 g/mol. The molecule has 1 aliphatic heterocycles. The van der Waals surface area contributed by atoms with Crippen LogP contribution in [0.5, 0.6) is 0 Å². The third-order valence-corrected chi connectivity index (χ3v) is 6.34. The number of ether oxygens (including phenoxy) is 1. The predicted molar refractivity (Wildman–Crippen MR) is 93.7 cm³/mol. The van der Waals surface area contributed by atoms with E-state index in [1.807, 2.05) is 6.07 Å². The van der Waals surface area contributed by atoms with Gasteiger partial charge in [0.2, 0.25) is 15.9 Å². The van der Waals surface area contributed by atoms with E-state index in [2.05, 4.69) is 10.1 Å². The minimum Gasteiger partial charge on any atom is -0.467 e. The summed E-state index contributed by atoms with van der Waals surface area (Å²) in [6, 6.07) is 6.44. The highest BCUT2D eigenvalue weighted by atomic mass is 32.2. The summed E-state index contributed by atoms with van der Waals surface area (Å²) in [5.74, 6) is -1.63. The van der Waals surface area contributed by atoms with Crippen molar-refractivity contribution in [1.29, 1.82) is 5.26 Å². The number of rotatable bonds is 6. The molecule has 0 radical (unpaired) electrons. The first-order valence-corrected chi connectivity index (χ1v) is 9.77. The molecule has 10 heteroatoms. The lowest BCUT2D eigenvalue weighted by Crippen LogP contribution is -2.49. The zero-order valence-electron chi connectivity index (χ0n) is 14.8. The number of hydrogen-bond donors (Lipinski definition) is 2. The van der Waals surface area contributed by atoms with Gasteiger partial charge in [-0.2, -0.15) is 9.57 Å². The molecule has 1 aromatic carbocycles. The molecule has 0 aliphatic carbocycles. The molecule has 27 heavy (non-hydrogen) atoms.